The smallest absolute Gasteiger partial charge is 0.238 e. The van der Waals surface area contributed by atoms with Crippen molar-refractivity contribution in [3.05, 3.63) is 59.9 Å². The number of carbonyl (C=O) groups is 2. The summed E-state index contributed by atoms with van der Waals surface area (Å²) in [5, 5.41) is 3.89. The molecular formula is C27H34FN5O2S. The second kappa shape index (κ2) is 12.5. The summed E-state index contributed by atoms with van der Waals surface area (Å²) < 4.78 is 17.9. The third-order valence-electron chi connectivity index (χ3n) is 7.30. The Hall–Kier alpha value is -2.75. The van der Waals surface area contributed by atoms with Crippen molar-refractivity contribution < 1.29 is 14.0 Å². The number of primary amides is 1. The summed E-state index contributed by atoms with van der Waals surface area (Å²) >= 11 is 1.43. The minimum Gasteiger partial charge on any atom is -0.368 e. The van der Waals surface area contributed by atoms with Crippen LogP contribution >= 0.6 is 11.5 Å². The Morgan fingerprint density at radius 1 is 0.972 bits per heavy atom. The highest BCUT2D eigenvalue weighted by Gasteiger charge is 2.44. The summed E-state index contributed by atoms with van der Waals surface area (Å²) in [7, 11) is 0. The molecule has 0 saturated carbocycles. The van der Waals surface area contributed by atoms with Crippen LogP contribution in [0, 0.1) is 5.82 Å². The highest BCUT2D eigenvalue weighted by Crippen LogP contribution is 2.31. The van der Waals surface area contributed by atoms with E-state index in [0.29, 0.717) is 12.0 Å². The van der Waals surface area contributed by atoms with Gasteiger partial charge in [0.15, 0.2) is 5.78 Å². The van der Waals surface area contributed by atoms with Gasteiger partial charge in [-0.25, -0.2) is 4.39 Å². The molecule has 1 aromatic heterocycles. The molecule has 2 fully saturated rings. The van der Waals surface area contributed by atoms with Crippen LogP contribution in [0.1, 0.15) is 55.3 Å². The zero-order chi connectivity index (χ0) is 25.4. The van der Waals surface area contributed by atoms with Crippen LogP contribution in [-0.2, 0) is 4.79 Å². The van der Waals surface area contributed by atoms with Gasteiger partial charge in [0.2, 0.25) is 5.91 Å². The number of hydrogen-bond acceptors (Lipinski definition) is 7. The molecule has 0 spiro atoms. The number of nitrogens with two attached hydrogens (primary N) is 1. The molecule has 2 saturated heterocycles. The summed E-state index contributed by atoms with van der Waals surface area (Å²) in [6.45, 7) is 4.44. The average molecular weight is 512 g/mol. The predicted molar refractivity (Wildman–Crippen MR) is 140 cm³/mol. The number of hydrogen-bond donors (Lipinski definition) is 1. The van der Waals surface area contributed by atoms with Gasteiger partial charge >= 0.3 is 0 Å². The van der Waals surface area contributed by atoms with Crippen LogP contribution in [0.3, 0.4) is 0 Å². The first-order valence-corrected chi connectivity index (χ1v) is 13.5. The summed E-state index contributed by atoms with van der Waals surface area (Å²) in [4.78, 5) is 29.1. The molecule has 36 heavy (non-hydrogen) atoms. The number of Topliss-reactive ketones (excluding diaryl/α,β-unsaturated/α-hetero) is 1. The molecule has 7 nitrogen and oxygen atoms in total. The van der Waals surface area contributed by atoms with Crippen molar-refractivity contribution in [1.29, 1.82) is 0 Å². The van der Waals surface area contributed by atoms with Gasteiger partial charge in [-0.3, -0.25) is 14.5 Å². The van der Waals surface area contributed by atoms with Gasteiger partial charge in [-0.05, 0) is 99.7 Å². The van der Waals surface area contributed by atoms with Crippen molar-refractivity contribution in [3.63, 3.8) is 0 Å². The standard InChI is InChI=1S/C21H30FN3O2.C6H4N2S/c22-18-8-6-17(7-9-18)19(26)5-4-12-24-15-10-21(11-16-24,20(23)27)25-13-2-1-3-14-25;1-2-4-6-5(3-1)7-8-9-6/h6-9H,1-5,10-16H2,(H2,23,27);1-4H. The van der Waals surface area contributed by atoms with E-state index in [2.05, 4.69) is 19.4 Å². The Morgan fingerprint density at radius 2 is 1.67 bits per heavy atom. The number of fused-ring (bicyclic) bond motifs is 1. The van der Waals surface area contributed by atoms with E-state index in [1.165, 1.54) is 30.1 Å². The minimum atomic E-state index is -0.485. The van der Waals surface area contributed by atoms with Gasteiger partial charge < -0.3 is 10.6 Å². The molecule has 5 rings (SSSR count). The van der Waals surface area contributed by atoms with Crippen molar-refractivity contribution >= 4 is 33.4 Å². The number of likely N-dealkylation sites (tertiary alicyclic amines) is 2. The number of ketones is 1. The number of carbonyl (C=O) groups excluding carboxylic acids is 2. The number of benzene rings is 2. The lowest BCUT2D eigenvalue weighted by Gasteiger charge is -2.48. The lowest BCUT2D eigenvalue weighted by Crippen LogP contribution is -2.63. The maximum Gasteiger partial charge on any atom is 0.238 e. The van der Waals surface area contributed by atoms with Crippen LogP contribution in [0.4, 0.5) is 4.39 Å². The molecule has 1 amide bonds. The molecule has 0 aliphatic carbocycles. The molecule has 2 aliphatic rings. The Labute approximate surface area is 215 Å². The topological polar surface area (TPSA) is 92.4 Å². The normalized spacial score (nSPS) is 18.4. The van der Waals surface area contributed by atoms with E-state index in [1.54, 1.807) is 12.1 Å². The van der Waals surface area contributed by atoms with Crippen LogP contribution in [0.2, 0.25) is 0 Å². The molecule has 0 radical (unpaired) electrons. The van der Waals surface area contributed by atoms with E-state index < -0.39 is 5.54 Å². The van der Waals surface area contributed by atoms with E-state index >= 15 is 0 Å². The van der Waals surface area contributed by atoms with E-state index in [1.807, 2.05) is 24.3 Å². The quantitative estimate of drug-likeness (QED) is 0.476. The van der Waals surface area contributed by atoms with Crippen molar-refractivity contribution in [2.45, 2.75) is 50.5 Å². The summed E-state index contributed by atoms with van der Waals surface area (Å²) in [5.74, 6) is -0.464. The van der Waals surface area contributed by atoms with Gasteiger partial charge in [0.25, 0.3) is 0 Å². The van der Waals surface area contributed by atoms with E-state index in [4.69, 9.17) is 5.73 Å². The van der Waals surface area contributed by atoms with Crippen LogP contribution < -0.4 is 5.73 Å². The molecule has 2 aromatic carbocycles. The van der Waals surface area contributed by atoms with Crippen molar-refractivity contribution in [1.82, 2.24) is 19.4 Å². The molecule has 9 heteroatoms. The predicted octanol–water partition coefficient (Wildman–Crippen LogP) is 4.29. The highest BCUT2D eigenvalue weighted by molar-refractivity contribution is 7.12. The lowest BCUT2D eigenvalue weighted by atomic mass is 9.83. The number of nitrogens with zero attached hydrogens (tertiary/aromatic N) is 4. The van der Waals surface area contributed by atoms with Gasteiger partial charge in [-0.1, -0.05) is 23.0 Å². The average Bonchev–Trinajstić information content (AvgIpc) is 3.39. The molecule has 2 N–H and O–H groups in total. The fourth-order valence-electron chi connectivity index (χ4n) is 5.16. The molecule has 0 bridgehead atoms. The molecule has 2 aliphatic heterocycles. The Kier molecular flexibility index (Phi) is 9.12. The van der Waals surface area contributed by atoms with Crippen molar-refractivity contribution in [2.75, 3.05) is 32.7 Å². The summed E-state index contributed by atoms with van der Waals surface area (Å²) in [6, 6.07) is 13.6. The molecule has 192 valence electrons. The number of amides is 1. The molecule has 0 unspecified atom stereocenters. The Balaban J connectivity index is 0.000000280. The fraction of sp³-hybridized carbons (Fsp3) is 0.481. The van der Waals surface area contributed by atoms with E-state index in [9.17, 15) is 14.0 Å². The Morgan fingerprint density at radius 3 is 2.33 bits per heavy atom. The summed E-state index contributed by atoms with van der Waals surface area (Å²) in [6.07, 6.45) is 6.29. The van der Waals surface area contributed by atoms with Crippen LogP contribution in [0.25, 0.3) is 10.2 Å². The highest BCUT2D eigenvalue weighted by atomic mass is 32.1. The fourth-order valence-corrected chi connectivity index (χ4v) is 5.71. The van der Waals surface area contributed by atoms with E-state index in [0.717, 1.165) is 75.0 Å². The van der Waals surface area contributed by atoms with Crippen LogP contribution in [0.15, 0.2) is 48.5 Å². The maximum atomic E-state index is 12.9. The second-order valence-corrected chi connectivity index (χ2v) is 10.3. The van der Waals surface area contributed by atoms with Crippen molar-refractivity contribution in [3.8, 4) is 0 Å². The third-order valence-corrected chi connectivity index (χ3v) is 8.01. The summed E-state index contributed by atoms with van der Waals surface area (Å²) in [5.41, 5.74) is 6.89. The third kappa shape index (κ3) is 6.52. The van der Waals surface area contributed by atoms with Gasteiger partial charge in [-0.15, -0.1) is 5.10 Å². The van der Waals surface area contributed by atoms with Crippen molar-refractivity contribution in [2.24, 2.45) is 5.73 Å². The number of piperidine rings is 2. The first-order chi connectivity index (χ1) is 17.5. The van der Waals surface area contributed by atoms with Gasteiger partial charge in [0.05, 0.1) is 4.70 Å². The number of rotatable bonds is 7. The minimum absolute atomic E-state index is 0.0480. The molecule has 3 heterocycles. The van der Waals surface area contributed by atoms with Gasteiger partial charge in [-0.2, -0.15) is 0 Å². The maximum absolute atomic E-state index is 12.9. The lowest BCUT2D eigenvalue weighted by molar-refractivity contribution is -0.134. The zero-order valence-electron chi connectivity index (χ0n) is 20.6. The molecule has 3 aromatic rings. The van der Waals surface area contributed by atoms with Gasteiger partial charge in [0.1, 0.15) is 16.9 Å². The largest absolute Gasteiger partial charge is 0.368 e. The van der Waals surface area contributed by atoms with Gasteiger partial charge in [0, 0.05) is 25.1 Å². The first kappa shape index (κ1) is 26.3. The SMILES string of the molecule is NC(=O)C1(N2CCCCC2)CCN(CCCC(=O)c2ccc(F)cc2)CC1.c1ccc2snnc2c1. The monoisotopic (exact) mass is 511 g/mol. The second-order valence-electron chi connectivity index (χ2n) is 9.56. The number of halogens is 1. The molecular weight excluding hydrogens is 477 g/mol. The zero-order valence-corrected chi connectivity index (χ0v) is 21.4. The molecule has 0 atom stereocenters. The van der Waals surface area contributed by atoms with Crippen LogP contribution in [0.5, 0.6) is 0 Å². The first-order valence-electron chi connectivity index (χ1n) is 12.7. The Bertz CT molecular complexity index is 1110. The van der Waals surface area contributed by atoms with Crippen LogP contribution in [-0.4, -0.2) is 69.3 Å². The van der Waals surface area contributed by atoms with E-state index in [-0.39, 0.29) is 17.5 Å². The number of aromatic nitrogens is 2.